The van der Waals surface area contributed by atoms with Crippen molar-refractivity contribution in [2.24, 2.45) is 0 Å². The van der Waals surface area contributed by atoms with Crippen molar-refractivity contribution in [3.8, 4) is 16.3 Å². The second-order valence-electron chi connectivity index (χ2n) is 5.86. The first-order valence-electron chi connectivity index (χ1n) is 8.06. The van der Waals surface area contributed by atoms with Gasteiger partial charge in [-0.25, -0.2) is 9.78 Å². The van der Waals surface area contributed by atoms with E-state index >= 15 is 0 Å². The highest BCUT2D eigenvalue weighted by Crippen LogP contribution is 2.26. The minimum Gasteiger partial charge on any atom is -0.438 e. The summed E-state index contributed by atoms with van der Waals surface area (Å²) >= 11 is 1.54. The molecule has 8 nitrogen and oxygen atoms in total. The van der Waals surface area contributed by atoms with Crippen LogP contribution in [0.1, 0.15) is 11.6 Å². The Kier molecular flexibility index (Phi) is 4.21. The Morgan fingerprint density at radius 1 is 1.26 bits per heavy atom. The maximum Gasteiger partial charge on any atom is 0.333 e. The molecule has 0 bridgehead atoms. The van der Waals surface area contributed by atoms with Gasteiger partial charge in [-0.1, -0.05) is 18.2 Å². The molecule has 0 N–H and O–H groups in total. The van der Waals surface area contributed by atoms with E-state index in [4.69, 9.17) is 4.42 Å². The third kappa shape index (κ3) is 3.08. The summed E-state index contributed by atoms with van der Waals surface area (Å²) in [7, 11) is 0. The Morgan fingerprint density at radius 3 is 2.81 bits per heavy atom. The van der Waals surface area contributed by atoms with Gasteiger partial charge in [0.1, 0.15) is 12.2 Å². The first-order valence-corrected chi connectivity index (χ1v) is 8.93. The van der Waals surface area contributed by atoms with Crippen LogP contribution in [0.4, 0.5) is 5.69 Å². The van der Waals surface area contributed by atoms with Gasteiger partial charge in [0.2, 0.25) is 5.89 Å². The molecule has 0 atom stereocenters. The molecule has 0 spiro atoms. The Bertz CT molecular complexity index is 1170. The van der Waals surface area contributed by atoms with E-state index in [0.717, 1.165) is 4.88 Å². The SMILES string of the molecule is Cc1cn(Cc2ncc(-c3cccs3)o2)c(=O)n1-c1ccccc1[N+](=O)[O-]. The van der Waals surface area contributed by atoms with E-state index in [0.29, 0.717) is 17.3 Å². The zero-order valence-electron chi connectivity index (χ0n) is 14.2. The maximum atomic E-state index is 12.8. The van der Waals surface area contributed by atoms with Gasteiger partial charge in [-0.15, -0.1) is 11.3 Å². The predicted octanol–water partition coefficient (Wildman–Crippen LogP) is 3.62. The van der Waals surface area contributed by atoms with Gasteiger partial charge in [0.15, 0.2) is 5.76 Å². The number of thiophene rings is 1. The summed E-state index contributed by atoms with van der Waals surface area (Å²) in [4.78, 5) is 28.8. The molecule has 4 rings (SSSR count). The van der Waals surface area contributed by atoms with Crippen molar-refractivity contribution in [3.63, 3.8) is 0 Å². The molecule has 0 aliphatic carbocycles. The van der Waals surface area contributed by atoms with Gasteiger partial charge in [0.25, 0.3) is 5.69 Å². The molecule has 0 aliphatic heterocycles. The molecule has 0 saturated carbocycles. The quantitative estimate of drug-likeness (QED) is 0.388. The van der Waals surface area contributed by atoms with Gasteiger partial charge >= 0.3 is 5.69 Å². The van der Waals surface area contributed by atoms with Crippen molar-refractivity contribution in [1.82, 2.24) is 14.1 Å². The van der Waals surface area contributed by atoms with Gasteiger partial charge in [-0.05, 0) is 24.4 Å². The van der Waals surface area contributed by atoms with Crippen LogP contribution in [0, 0.1) is 17.0 Å². The number of oxazole rings is 1. The van der Waals surface area contributed by atoms with Crippen molar-refractivity contribution in [2.75, 3.05) is 0 Å². The van der Waals surface area contributed by atoms with Gasteiger partial charge in [-0.2, -0.15) is 0 Å². The molecule has 3 aromatic heterocycles. The summed E-state index contributed by atoms with van der Waals surface area (Å²) in [6.45, 7) is 1.86. The maximum absolute atomic E-state index is 12.8. The highest BCUT2D eigenvalue weighted by molar-refractivity contribution is 7.13. The van der Waals surface area contributed by atoms with Gasteiger partial charge in [0, 0.05) is 18.0 Å². The van der Waals surface area contributed by atoms with Crippen LogP contribution < -0.4 is 5.69 Å². The number of aromatic nitrogens is 3. The van der Waals surface area contributed by atoms with E-state index in [1.165, 1.54) is 26.5 Å². The number of imidazole rings is 1. The van der Waals surface area contributed by atoms with Crippen molar-refractivity contribution in [3.05, 3.63) is 86.4 Å². The average Bonchev–Trinajstić information content (AvgIpc) is 3.37. The lowest BCUT2D eigenvalue weighted by molar-refractivity contribution is -0.384. The normalized spacial score (nSPS) is 11.0. The summed E-state index contributed by atoms with van der Waals surface area (Å²) < 4.78 is 8.47. The van der Waals surface area contributed by atoms with Gasteiger partial charge in [0.05, 0.1) is 16.0 Å². The third-order valence-corrected chi connectivity index (χ3v) is 4.96. The number of aryl methyl sites for hydroxylation is 1. The number of benzene rings is 1. The summed E-state index contributed by atoms with van der Waals surface area (Å²) in [5, 5.41) is 13.2. The minimum atomic E-state index is -0.500. The Hall–Kier alpha value is -3.46. The summed E-state index contributed by atoms with van der Waals surface area (Å²) in [6.07, 6.45) is 3.26. The van der Waals surface area contributed by atoms with Crippen LogP contribution in [-0.4, -0.2) is 19.0 Å². The van der Waals surface area contributed by atoms with Crippen LogP contribution in [0.2, 0.25) is 0 Å². The highest BCUT2D eigenvalue weighted by Gasteiger charge is 2.20. The molecular formula is C18H14N4O4S. The van der Waals surface area contributed by atoms with Gasteiger partial charge in [-0.3, -0.25) is 19.2 Å². The zero-order chi connectivity index (χ0) is 19.0. The molecule has 4 aromatic rings. The van der Waals surface area contributed by atoms with Crippen molar-refractivity contribution < 1.29 is 9.34 Å². The number of nitro benzene ring substituents is 1. The monoisotopic (exact) mass is 382 g/mol. The molecule has 0 fully saturated rings. The van der Waals surface area contributed by atoms with Gasteiger partial charge < -0.3 is 4.42 Å². The number of nitro groups is 1. The van der Waals surface area contributed by atoms with E-state index in [2.05, 4.69) is 4.98 Å². The molecule has 3 heterocycles. The number of rotatable bonds is 5. The van der Waals surface area contributed by atoms with Crippen LogP contribution in [0.3, 0.4) is 0 Å². The fourth-order valence-electron chi connectivity index (χ4n) is 2.89. The van der Waals surface area contributed by atoms with Crippen LogP contribution in [0.5, 0.6) is 0 Å². The summed E-state index contributed by atoms with van der Waals surface area (Å²) in [5.41, 5.74) is 0.295. The van der Waals surface area contributed by atoms with Crippen LogP contribution in [-0.2, 0) is 6.54 Å². The number of hydrogen-bond donors (Lipinski definition) is 0. The van der Waals surface area contributed by atoms with Crippen molar-refractivity contribution in [2.45, 2.75) is 13.5 Å². The van der Waals surface area contributed by atoms with Crippen LogP contribution in [0.15, 0.2) is 63.4 Å². The first kappa shape index (κ1) is 17.0. The Morgan fingerprint density at radius 2 is 2.07 bits per heavy atom. The number of hydrogen-bond acceptors (Lipinski definition) is 6. The third-order valence-electron chi connectivity index (χ3n) is 4.07. The molecule has 0 amide bonds. The minimum absolute atomic E-state index is 0.128. The van der Waals surface area contributed by atoms with E-state index < -0.39 is 10.6 Å². The van der Waals surface area contributed by atoms with E-state index in [1.54, 1.807) is 37.5 Å². The standard InChI is InChI=1S/C18H14N4O4S/c1-12-10-20(11-17-19-9-15(26-17)16-7-4-8-27-16)18(23)21(12)13-5-2-3-6-14(13)22(24)25/h2-10H,11H2,1H3. The highest BCUT2D eigenvalue weighted by atomic mass is 32.1. The second kappa shape index (κ2) is 6.69. The van der Waals surface area contributed by atoms with Crippen LogP contribution in [0.25, 0.3) is 16.3 Å². The molecule has 0 radical (unpaired) electrons. The Balaban J connectivity index is 1.70. The van der Waals surface area contributed by atoms with E-state index in [1.807, 2.05) is 17.5 Å². The van der Waals surface area contributed by atoms with E-state index in [-0.39, 0.29) is 17.9 Å². The lowest BCUT2D eigenvalue weighted by Crippen LogP contribution is -2.24. The molecule has 0 unspecified atom stereocenters. The van der Waals surface area contributed by atoms with Crippen molar-refractivity contribution >= 4 is 17.0 Å². The molecule has 27 heavy (non-hydrogen) atoms. The average molecular weight is 382 g/mol. The second-order valence-corrected chi connectivity index (χ2v) is 6.81. The molecular weight excluding hydrogens is 368 g/mol. The lowest BCUT2D eigenvalue weighted by Gasteiger charge is -2.04. The molecule has 9 heteroatoms. The summed E-state index contributed by atoms with van der Waals surface area (Å²) in [6, 6.07) is 10.0. The molecule has 136 valence electrons. The zero-order valence-corrected chi connectivity index (χ0v) is 15.0. The Labute approximate surface area is 157 Å². The first-order chi connectivity index (χ1) is 13.0. The number of nitrogens with zero attached hydrogens (tertiary/aromatic N) is 4. The number of para-hydroxylation sites is 2. The van der Waals surface area contributed by atoms with Crippen LogP contribution >= 0.6 is 11.3 Å². The smallest absolute Gasteiger partial charge is 0.333 e. The lowest BCUT2D eigenvalue weighted by atomic mass is 10.2. The fraction of sp³-hybridized carbons (Fsp3) is 0.111. The topological polar surface area (TPSA) is 96.1 Å². The molecule has 0 saturated heterocycles. The predicted molar refractivity (Wildman–Crippen MR) is 100 cm³/mol. The molecule has 1 aromatic carbocycles. The largest absolute Gasteiger partial charge is 0.438 e. The molecule has 0 aliphatic rings. The summed E-state index contributed by atoms with van der Waals surface area (Å²) in [5.74, 6) is 1.03. The van der Waals surface area contributed by atoms with Crippen molar-refractivity contribution in [1.29, 1.82) is 0 Å². The van der Waals surface area contributed by atoms with E-state index in [9.17, 15) is 14.9 Å². The fourth-order valence-corrected chi connectivity index (χ4v) is 3.56.